The molecule has 28 heavy (non-hydrogen) atoms. The third kappa shape index (κ3) is 3.55. The Morgan fingerprint density at radius 2 is 2.11 bits per heavy atom. The number of oxazole rings is 1. The fraction of sp³-hybridized carbons (Fsp3) is 0.286. The normalized spacial score (nSPS) is 13.8. The first kappa shape index (κ1) is 18.0. The minimum absolute atomic E-state index is 0.0593. The number of rotatable bonds is 4. The van der Waals surface area contributed by atoms with Gasteiger partial charge in [0.2, 0.25) is 5.91 Å². The first-order valence-electron chi connectivity index (χ1n) is 9.14. The van der Waals surface area contributed by atoms with Crippen molar-refractivity contribution in [1.82, 2.24) is 9.88 Å². The van der Waals surface area contributed by atoms with Gasteiger partial charge in [-0.25, -0.2) is 9.78 Å². The molecule has 0 fully saturated rings. The van der Waals surface area contributed by atoms with E-state index in [2.05, 4.69) is 4.98 Å². The molecule has 0 bridgehead atoms. The fourth-order valence-electron chi connectivity index (χ4n) is 3.46. The molecule has 0 saturated carbocycles. The minimum atomic E-state index is -0.964. The van der Waals surface area contributed by atoms with Crippen molar-refractivity contribution in [1.29, 1.82) is 0 Å². The summed E-state index contributed by atoms with van der Waals surface area (Å²) in [5.74, 6) is 0.442. The number of carboxylic acid groups (broad SMARTS) is 1. The van der Waals surface area contributed by atoms with Gasteiger partial charge in [-0.05, 0) is 55.2 Å². The second kappa shape index (κ2) is 7.34. The Bertz CT molecular complexity index is 1020. The highest BCUT2D eigenvalue weighted by Gasteiger charge is 2.23. The van der Waals surface area contributed by atoms with Crippen LogP contribution >= 0.6 is 0 Å². The molecule has 1 aromatic carbocycles. The number of amides is 1. The summed E-state index contributed by atoms with van der Waals surface area (Å²) in [5, 5.41) is 9.23. The number of furan rings is 1. The first-order valence-corrected chi connectivity index (χ1v) is 9.14. The third-order valence-corrected chi connectivity index (χ3v) is 4.98. The molecule has 4 rings (SSSR count). The zero-order valence-corrected chi connectivity index (χ0v) is 15.5. The molecule has 0 aliphatic carbocycles. The first-order chi connectivity index (χ1) is 13.5. The Balaban J connectivity index is 1.52. The van der Waals surface area contributed by atoms with E-state index in [0.717, 1.165) is 24.0 Å². The van der Waals surface area contributed by atoms with Crippen LogP contribution in [0.4, 0.5) is 0 Å². The lowest BCUT2D eigenvalue weighted by Crippen LogP contribution is -2.32. The van der Waals surface area contributed by atoms with E-state index >= 15 is 0 Å². The van der Waals surface area contributed by atoms with Gasteiger partial charge in [0, 0.05) is 13.1 Å². The second-order valence-corrected chi connectivity index (χ2v) is 6.88. The van der Waals surface area contributed by atoms with Gasteiger partial charge in [-0.1, -0.05) is 6.07 Å². The van der Waals surface area contributed by atoms with Crippen molar-refractivity contribution < 1.29 is 23.5 Å². The van der Waals surface area contributed by atoms with E-state index in [1.807, 2.05) is 6.07 Å². The number of aryl methyl sites for hydroxylation is 2. The van der Waals surface area contributed by atoms with Crippen LogP contribution in [0.15, 0.2) is 45.4 Å². The van der Waals surface area contributed by atoms with Gasteiger partial charge in [0.1, 0.15) is 5.76 Å². The van der Waals surface area contributed by atoms with Crippen molar-refractivity contribution in [2.45, 2.75) is 32.7 Å². The molecule has 1 aliphatic heterocycles. The van der Waals surface area contributed by atoms with Gasteiger partial charge in [0.05, 0.1) is 23.9 Å². The molecule has 7 nitrogen and oxygen atoms in total. The van der Waals surface area contributed by atoms with E-state index in [0.29, 0.717) is 36.2 Å². The number of hydrogen-bond acceptors (Lipinski definition) is 5. The summed E-state index contributed by atoms with van der Waals surface area (Å²) < 4.78 is 10.9. The number of aromatic carboxylic acids is 1. The van der Waals surface area contributed by atoms with Crippen molar-refractivity contribution in [3.05, 3.63) is 64.7 Å². The van der Waals surface area contributed by atoms with Gasteiger partial charge < -0.3 is 18.8 Å². The van der Waals surface area contributed by atoms with Crippen LogP contribution in [0.3, 0.4) is 0 Å². The number of aromatic nitrogens is 1. The number of benzene rings is 1. The number of carboxylic acids is 1. The molecule has 0 saturated heterocycles. The van der Waals surface area contributed by atoms with E-state index in [4.69, 9.17) is 8.83 Å². The van der Waals surface area contributed by atoms with Crippen LogP contribution in [0.25, 0.3) is 11.7 Å². The molecular formula is C21H20N2O5. The number of fused-ring (bicyclic) bond motifs is 1. The summed E-state index contributed by atoms with van der Waals surface area (Å²) in [6.45, 7) is 2.80. The molecule has 7 heteroatoms. The molecule has 0 unspecified atom stereocenters. The molecule has 2 aromatic heterocycles. The van der Waals surface area contributed by atoms with E-state index in [1.165, 1.54) is 0 Å². The Hall–Kier alpha value is -3.35. The lowest BCUT2D eigenvalue weighted by Gasteiger charge is -2.20. The van der Waals surface area contributed by atoms with Gasteiger partial charge in [0.15, 0.2) is 5.76 Å². The van der Waals surface area contributed by atoms with Crippen molar-refractivity contribution in [3.63, 3.8) is 0 Å². The molecule has 144 valence electrons. The SMILES string of the molecule is Cc1oc(-c2ccco2)nc1CC(=O)N1CCCc2ccc(C(=O)O)cc2C1. The van der Waals surface area contributed by atoms with Crippen molar-refractivity contribution in [3.8, 4) is 11.7 Å². The minimum Gasteiger partial charge on any atom is -0.478 e. The zero-order chi connectivity index (χ0) is 19.7. The van der Waals surface area contributed by atoms with Crippen molar-refractivity contribution >= 4 is 11.9 Å². The number of carbonyl (C=O) groups is 2. The Kier molecular flexibility index (Phi) is 4.73. The predicted molar refractivity (Wildman–Crippen MR) is 99.8 cm³/mol. The molecule has 3 heterocycles. The summed E-state index contributed by atoms with van der Waals surface area (Å²) >= 11 is 0. The zero-order valence-electron chi connectivity index (χ0n) is 15.5. The van der Waals surface area contributed by atoms with Crippen molar-refractivity contribution in [2.24, 2.45) is 0 Å². The fourth-order valence-corrected chi connectivity index (χ4v) is 3.46. The van der Waals surface area contributed by atoms with E-state index in [-0.39, 0.29) is 17.9 Å². The standard InChI is InChI=1S/C21H20N2O5/c1-13-17(22-20(28-13)18-5-3-9-27-18)11-19(24)23-8-2-4-14-6-7-15(21(25)26)10-16(14)12-23/h3,5-7,9-10H,2,4,8,11-12H2,1H3,(H,25,26). The third-order valence-electron chi connectivity index (χ3n) is 4.98. The molecule has 0 radical (unpaired) electrons. The van der Waals surface area contributed by atoms with Crippen molar-refractivity contribution in [2.75, 3.05) is 6.54 Å². The van der Waals surface area contributed by atoms with Gasteiger partial charge in [0.25, 0.3) is 5.89 Å². The monoisotopic (exact) mass is 380 g/mol. The molecule has 3 aromatic rings. The highest BCUT2D eigenvalue weighted by atomic mass is 16.4. The van der Waals surface area contributed by atoms with Gasteiger partial charge in [-0.15, -0.1) is 0 Å². The summed E-state index contributed by atoms with van der Waals surface area (Å²) in [5.41, 5.74) is 2.81. The van der Waals surface area contributed by atoms with Gasteiger partial charge in [-0.2, -0.15) is 0 Å². The van der Waals surface area contributed by atoms with Crippen LogP contribution in [0, 0.1) is 6.92 Å². The summed E-state index contributed by atoms with van der Waals surface area (Å²) in [7, 11) is 0. The largest absolute Gasteiger partial charge is 0.478 e. The van der Waals surface area contributed by atoms with Crippen LogP contribution < -0.4 is 0 Å². The Morgan fingerprint density at radius 1 is 1.25 bits per heavy atom. The predicted octanol–water partition coefficient (Wildman–Crippen LogP) is 3.46. The molecule has 0 atom stereocenters. The summed E-state index contributed by atoms with van der Waals surface area (Å²) in [6.07, 6.45) is 3.33. The van der Waals surface area contributed by atoms with Crippen LogP contribution in [0.5, 0.6) is 0 Å². The molecular weight excluding hydrogens is 360 g/mol. The molecule has 1 amide bonds. The average Bonchev–Trinajstić information content (AvgIpc) is 3.26. The summed E-state index contributed by atoms with van der Waals surface area (Å²) in [6, 6.07) is 8.64. The van der Waals surface area contributed by atoms with Crippen LogP contribution in [0.2, 0.25) is 0 Å². The maximum absolute atomic E-state index is 12.9. The van der Waals surface area contributed by atoms with Gasteiger partial charge in [-0.3, -0.25) is 4.79 Å². The average molecular weight is 380 g/mol. The Morgan fingerprint density at radius 3 is 2.86 bits per heavy atom. The maximum atomic E-state index is 12.9. The highest BCUT2D eigenvalue weighted by molar-refractivity contribution is 5.88. The maximum Gasteiger partial charge on any atom is 0.335 e. The van der Waals surface area contributed by atoms with Crippen LogP contribution in [-0.4, -0.2) is 33.4 Å². The lowest BCUT2D eigenvalue weighted by molar-refractivity contribution is -0.131. The van der Waals surface area contributed by atoms with E-state index in [9.17, 15) is 14.7 Å². The quantitative estimate of drug-likeness (QED) is 0.744. The highest BCUT2D eigenvalue weighted by Crippen LogP contribution is 2.24. The Labute approximate surface area is 161 Å². The van der Waals surface area contributed by atoms with Crippen LogP contribution in [-0.2, 0) is 24.2 Å². The van der Waals surface area contributed by atoms with Gasteiger partial charge >= 0.3 is 5.97 Å². The summed E-state index contributed by atoms with van der Waals surface area (Å²) in [4.78, 5) is 30.3. The molecule has 1 aliphatic rings. The topological polar surface area (TPSA) is 96.8 Å². The number of carbonyl (C=O) groups excluding carboxylic acids is 1. The second-order valence-electron chi connectivity index (χ2n) is 6.88. The smallest absolute Gasteiger partial charge is 0.335 e. The number of hydrogen-bond donors (Lipinski definition) is 1. The number of nitrogens with zero attached hydrogens (tertiary/aromatic N) is 2. The van der Waals surface area contributed by atoms with E-state index in [1.54, 1.807) is 42.4 Å². The molecule has 0 spiro atoms. The van der Waals surface area contributed by atoms with Crippen LogP contribution in [0.1, 0.15) is 39.4 Å². The lowest BCUT2D eigenvalue weighted by atomic mass is 10.0. The molecule has 1 N–H and O–H groups in total. The van der Waals surface area contributed by atoms with E-state index < -0.39 is 5.97 Å².